The molecule has 0 aliphatic heterocycles. The Bertz CT molecular complexity index is 561. The zero-order valence-corrected chi connectivity index (χ0v) is 11.5. The molecule has 2 atom stereocenters. The lowest BCUT2D eigenvalue weighted by Crippen LogP contribution is -2.26. The Morgan fingerprint density at radius 1 is 1.37 bits per heavy atom. The summed E-state index contributed by atoms with van der Waals surface area (Å²) in [5.41, 5.74) is 8.72. The van der Waals surface area contributed by atoms with Gasteiger partial charge in [0.15, 0.2) is 0 Å². The molecular formula is C16H22N2O. The second kappa shape index (κ2) is 5.25. The minimum atomic E-state index is 0.360. The van der Waals surface area contributed by atoms with Gasteiger partial charge in [-0.25, -0.2) is 0 Å². The van der Waals surface area contributed by atoms with Gasteiger partial charge >= 0.3 is 0 Å². The topological polar surface area (TPSA) is 51.0 Å². The summed E-state index contributed by atoms with van der Waals surface area (Å²) in [5.74, 6) is 1.55. The zero-order valence-electron chi connectivity index (χ0n) is 11.5. The highest BCUT2D eigenvalue weighted by Gasteiger charge is 2.23. The summed E-state index contributed by atoms with van der Waals surface area (Å²) in [6.45, 7) is 2.72. The average molecular weight is 258 g/mol. The van der Waals surface area contributed by atoms with Crippen LogP contribution in [0.2, 0.25) is 0 Å². The van der Waals surface area contributed by atoms with Gasteiger partial charge in [-0.05, 0) is 55.9 Å². The van der Waals surface area contributed by atoms with Gasteiger partial charge in [-0.2, -0.15) is 0 Å². The van der Waals surface area contributed by atoms with Crippen LogP contribution in [0.1, 0.15) is 44.1 Å². The molecule has 1 aliphatic carbocycles. The third-order valence-electron chi connectivity index (χ3n) is 4.15. The van der Waals surface area contributed by atoms with Crippen LogP contribution in [-0.2, 0) is 0 Å². The molecule has 2 aromatic rings. The van der Waals surface area contributed by atoms with Crippen molar-refractivity contribution in [3.05, 3.63) is 30.0 Å². The molecule has 0 bridgehead atoms. The summed E-state index contributed by atoms with van der Waals surface area (Å²) in [5, 5.41) is 1.30. The van der Waals surface area contributed by atoms with Gasteiger partial charge in [0.25, 0.3) is 0 Å². The maximum atomic E-state index is 6.12. The summed E-state index contributed by atoms with van der Waals surface area (Å²) in [7, 11) is 0. The number of aromatic amines is 1. The first kappa shape index (κ1) is 12.5. The fourth-order valence-electron chi connectivity index (χ4n) is 3.23. The molecule has 1 aromatic carbocycles. The Kier molecular flexibility index (Phi) is 3.47. The molecule has 1 aliphatic rings. The summed E-state index contributed by atoms with van der Waals surface area (Å²) < 4.78 is 5.61. The molecule has 3 nitrogen and oxygen atoms in total. The summed E-state index contributed by atoms with van der Waals surface area (Å²) in [6.07, 6.45) is 6.92. The van der Waals surface area contributed by atoms with Crippen LogP contribution in [0.4, 0.5) is 0 Å². The minimum absolute atomic E-state index is 0.360. The molecule has 1 saturated carbocycles. The van der Waals surface area contributed by atoms with Crippen LogP contribution in [0, 0.1) is 0 Å². The molecule has 0 saturated heterocycles. The van der Waals surface area contributed by atoms with Crippen molar-refractivity contribution in [2.45, 2.75) is 44.6 Å². The van der Waals surface area contributed by atoms with Crippen molar-refractivity contribution in [2.75, 3.05) is 6.61 Å². The Morgan fingerprint density at radius 2 is 2.26 bits per heavy atom. The summed E-state index contributed by atoms with van der Waals surface area (Å²) in [4.78, 5) is 3.37. The van der Waals surface area contributed by atoms with E-state index in [2.05, 4.69) is 23.3 Å². The molecule has 0 amide bonds. The van der Waals surface area contributed by atoms with Gasteiger partial charge < -0.3 is 15.5 Å². The van der Waals surface area contributed by atoms with Gasteiger partial charge in [0.05, 0.1) is 6.61 Å². The third kappa shape index (κ3) is 2.47. The summed E-state index contributed by atoms with van der Waals surface area (Å²) >= 11 is 0. The average Bonchev–Trinajstić information content (AvgIpc) is 2.82. The van der Waals surface area contributed by atoms with E-state index in [1.165, 1.54) is 35.7 Å². The molecule has 2 unspecified atom stereocenters. The van der Waals surface area contributed by atoms with Gasteiger partial charge in [-0.1, -0.05) is 6.42 Å². The van der Waals surface area contributed by atoms with Gasteiger partial charge in [0.1, 0.15) is 5.75 Å². The zero-order chi connectivity index (χ0) is 13.2. The number of hydrogen-bond acceptors (Lipinski definition) is 2. The molecule has 3 N–H and O–H groups in total. The molecule has 3 heteroatoms. The maximum Gasteiger partial charge on any atom is 0.120 e. The lowest BCUT2D eigenvalue weighted by Gasteiger charge is -2.26. The SMILES string of the molecule is CCOc1ccc2[nH]cc(C3CCCC(N)C3)c2c1. The molecule has 102 valence electrons. The quantitative estimate of drug-likeness (QED) is 0.884. The predicted molar refractivity (Wildman–Crippen MR) is 78.7 cm³/mol. The van der Waals surface area contributed by atoms with Crippen molar-refractivity contribution in [3.8, 4) is 5.75 Å². The smallest absolute Gasteiger partial charge is 0.120 e. The first-order valence-electron chi connectivity index (χ1n) is 7.27. The normalized spacial score (nSPS) is 23.7. The highest BCUT2D eigenvalue weighted by Crippen LogP contribution is 2.37. The first-order valence-corrected chi connectivity index (χ1v) is 7.27. The number of ether oxygens (including phenoxy) is 1. The lowest BCUT2D eigenvalue weighted by atomic mass is 9.81. The van der Waals surface area contributed by atoms with Crippen LogP contribution in [0.3, 0.4) is 0 Å². The standard InChI is InChI=1S/C16H22N2O/c1-2-19-13-6-7-16-14(9-13)15(10-18-16)11-4-3-5-12(17)8-11/h6-7,9-12,18H,2-5,8,17H2,1H3. The number of aromatic nitrogens is 1. The molecule has 1 aromatic heterocycles. The van der Waals surface area contributed by atoms with Crippen molar-refractivity contribution >= 4 is 10.9 Å². The van der Waals surface area contributed by atoms with Gasteiger partial charge in [0, 0.05) is 23.1 Å². The van der Waals surface area contributed by atoms with E-state index in [4.69, 9.17) is 10.5 Å². The van der Waals surface area contributed by atoms with Crippen LogP contribution >= 0.6 is 0 Å². The van der Waals surface area contributed by atoms with E-state index in [0.29, 0.717) is 18.6 Å². The molecule has 1 heterocycles. The highest BCUT2D eigenvalue weighted by atomic mass is 16.5. The number of hydrogen-bond donors (Lipinski definition) is 2. The number of nitrogens with two attached hydrogens (primary N) is 1. The predicted octanol–water partition coefficient (Wildman–Crippen LogP) is 3.55. The first-order chi connectivity index (χ1) is 9.28. The Hall–Kier alpha value is -1.48. The molecule has 1 fully saturated rings. The monoisotopic (exact) mass is 258 g/mol. The van der Waals surface area contributed by atoms with Gasteiger partial charge in [-0.15, -0.1) is 0 Å². The van der Waals surface area contributed by atoms with Crippen molar-refractivity contribution in [2.24, 2.45) is 5.73 Å². The van der Waals surface area contributed by atoms with E-state index >= 15 is 0 Å². The van der Waals surface area contributed by atoms with E-state index < -0.39 is 0 Å². The highest BCUT2D eigenvalue weighted by molar-refractivity contribution is 5.85. The van der Waals surface area contributed by atoms with E-state index in [9.17, 15) is 0 Å². The largest absolute Gasteiger partial charge is 0.494 e. The molecule has 3 rings (SSSR count). The van der Waals surface area contributed by atoms with Gasteiger partial charge in [0.2, 0.25) is 0 Å². The van der Waals surface area contributed by atoms with Crippen LogP contribution in [0.5, 0.6) is 5.75 Å². The van der Waals surface area contributed by atoms with Crippen LogP contribution in [0.15, 0.2) is 24.4 Å². The third-order valence-corrected chi connectivity index (χ3v) is 4.15. The summed E-state index contributed by atoms with van der Waals surface area (Å²) in [6, 6.07) is 6.65. The van der Waals surface area contributed by atoms with Crippen LogP contribution in [0.25, 0.3) is 10.9 Å². The number of benzene rings is 1. The lowest BCUT2D eigenvalue weighted by molar-refractivity contribution is 0.340. The maximum absolute atomic E-state index is 6.12. The van der Waals surface area contributed by atoms with Crippen LogP contribution < -0.4 is 10.5 Å². The van der Waals surface area contributed by atoms with Crippen molar-refractivity contribution in [3.63, 3.8) is 0 Å². The number of fused-ring (bicyclic) bond motifs is 1. The molecular weight excluding hydrogens is 236 g/mol. The van der Waals surface area contributed by atoms with E-state index in [1.54, 1.807) is 0 Å². The number of nitrogens with one attached hydrogen (secondary N) is 1. The Labute approximate surface area is 114 Å². The van der Waals surface area contributed by atoms with Gasteiger partial charge in [-0.3, -0.25) is 0 Å². The number of rotatable bonds is 3. The van der Waals surface area contributed by atoms with E-state index in [1.807, 2.05) is 13.0 Å². The fraction of sp³-hybridized carbons (Fsp3) is 0.500. The number of H-pyrrole nitrogens is 1. The Balaban J connectivity index is 1.96. The molecule has 0 radical (unpaired) electrons. The molecule has 19 heavy (non-hydrogen) atoms. The second-order valence-electron chi connectivity index (χ2n) is 5.51. The van der Waals surface area contributed by atoms with Crippen molar-refractivity contribution in [1.29, 1.82) is 0 Å². The second-order valence-corrected chi connectivity index (χ2v) is 5.51. The van der Waals surface area contributed by atoms with Crippen LogP contribution in [-0.4, -0.2) is 17.6 Å². The van der Waals surface area contributed by atoms with E-state index in [-0.39, 0.29) is 0 Å². The molecule has 0 spiro atoms. The van der Waals surface area contributed by atoms with Crippen molar-refractivity contribution in [1.82, 2.24) is 4.98 Å². The minimum Gasteiger partial charge on any atom is -0.494 e. The van der Waals surface area contributed by atoms with E-state index in [0.717, 1.165) is 12.2 Å². The van der Waals surface area contributed by atoms with Crippen molar-refractivity contribution < 1.29 is 4.74 Å². The fourth-order valence-corrected chi connectivity index (χ4v) is 3.23. The Morgan fingerprint density at radius 3 is 3.05 bits per heavy atom.